The second-order valence-corrected chi connectivity index (χ2v) is 5.74. The summed E-state index contributed by atoms with van der Waals surface area (Å²) in [5.41, 5.74) is 3.16. The van der Waals surface area contributed by atoms with Crippen molar-refractivity contribution in [1.29, 1.82) is 5.26 Å². The van der Waals surface area contributed by atoms with Gasteiger partial charge in [0.25, 0.3) is 5.91 Å². The number of hydrogen-bond acceptors (Lipinski definition) is 3. The zero-order valence-electron chi connectivity index (χ0n) is 13.7. The van der Waals surface area contributed by atoms with Crippen molar-refractivity contribution in [3.63, 3.8) is 0 Å². The predicted molar refractivity (Wildman–Crippen MR) is 96.1 cm³/mol. The SMILES string of the molecule is COc1ccc(/C=C(\C#N)C(=O)Nc2cc(Cl)ccc2C)c(C)c1. The molecule has 0 aliphatic carbocycles. The van der Waals surface area contributed by atoms with E-state index in [9.17, 15) is 10.1 Å². The molecule has 1 amide bonds. The molecule has 2 aromatic carbocycles. The van der Waals surface area contributed by atoms with E-state index in [0.29, 0.717) is 10.7 Å². The van der Waals surface area contributed by atoms with Crippen LogP contribution in [0.15, 0.2) is 42.0 Å². The van der Waals surface area contributed by atoms with Crippen LogP contribution in [0.25, 0.3) is 6.08 Å². The number of amides is 1. The number of rotatable bonds is 4. The lowest BCUT2D eigenvalue weighted by Crippen LogP contribution is -2.14. The average molecular weight is 341 g/mol. The molecule has 122 valence electrons. The molecule has 0 bridgehead atoms. The van der Waals surface area contributed by atoms with Crippen LogP contribution in [0.3, 0.4) is 0 Å². The first-order chi connectivity index (χ1) is 11.4. The molecular formula is C19H17ClN2O2. The number of benzene rings is 2. The van der Waals surface area contributed by atoms with E-state index in [1.54, 1.807) is 37.5 Å². The number of hydrogen-bond donors (Lipinski definition) is 1. The molecule has 0 atom stereocenters. The van der Waals surface area contributed by atoms with E-state index in [1.165, 1.54) is 0 Å². The summed E-state index contributed by atoms with van der Waals surface area (Å²) in [6, 6.07) is 12.6. The first kappa shape index (κ1) is 17.6. The quantitative estimate of drug-likeness (QED) is 0.658. The number of methoxy groups -OCH3 is 1. The van der Waals surface area contributed by atoms with Gasteiger partial charge in [0.2, 0.25) is 0 Å². The number of ether oxygens (including phenoxy) is 1. The largest absolute Gasteiger partial charge is 0.497 e. The molecule has 0 fully saturated rings. The molecular weight excluding hydrogens is 324 g/mol. The monoisotopic (exact) mass is 340 g/mol. The zero-order chi connectivity index (χ0) is 17.7. The molecule has 0 aromatic heterocycles. The highest BCUT2D eigenvalue weighted by Crippen LogP contribution is 2.22. The molecule has 0 aliphatic heterocycles. The van der Waals surface area contributed by atoms with Gasteiger partial charge in [-0.15, -0.1) is 0 Å². The second kappa shape index (κ2) is 7.67. The van der Waals surface area contributed by atoms with Gasteiger partial charge in [-0.1, -0.05) is 23.7 Å². The van der Waals surface area contributed by atoms with Gasteiger partial charge in [-0.2, -0.15) is 5.26 Å². The Morgan fingerprint density at radius 1 is 1.21 bits per heavy atom. The Morgan fingerprint density at radius 2 is 1.96 bits per heavy atom. The average Bonchev–Trinajstić information content (AvgIpc) is 2.56. The molecule has 0 radical (unpaired) electrons. The van der Waals surface area contributed by atoms with Crippen LogP contribution in [0.4, 0.5) is 5.69 Å². The fourth-order valence-electron chi connectivity index (χ4n) is 2.16. The second-order valence-electron chi connectivity index (χ2n) is 5.31. The van der Waals surface area contributed by atoms with Crippen LogP contribution < -0.4 is 10.1 Å². The van der Waals surface area contributed by atoms with Crippen LogP contribution in [0.5, 0.6) is 5.75 Å². The molecule has 0 spiro atoms. The minimum atomic E-state index is -0.474. The van der Waals surface area contributed by atoms with E-state index in [1.807, 2.05) is 32.0 Å². The molecule has 0 saturated heterocycles. The number of anilines is 1. The topological polar surface area (TPSA) is 62.1 Å². The van der Waals surface area contributed by atoms with Gasteiger partial charge < -0.3 is 10.1 Å². The third-order valence-corrected chi connectivity index (χ3v) is 3.82. The highest BCUT2D eigenvalue weighted by atomic mass is 35.5. The Morgan fingerprint density at radius 3 is 2.58 bits per heavy atom. The van der Waals surface area contributed by atoms with Gasteiger partial charge in [-0.3, -0.25) is 4.79 Å². The van der Waals surface area contributed by atoms with E-state index < -0.39 is 5.91 Å². The van der Waals surface area contributed by atoms with Crippen molar-refractivity contribution < 1.29 is 9.53 Å². The van der Waals surface area contributed by atoms with Crippen LogP contribution in [-0.4, -0.2) is 13.0 Å². The summed E-state index contributed by atoms with van der Waals surface area (Å²) in [7, 11) is 1.59. The molecule has 0 saturated carbocycles. The van der Waals surface area contributed by atoms with E-state index in [-0.39, 0.29) is 5.57 Å². The summed E-state index contributed by atoms with van der Waals surface area (Å²) in [4.78, 5) is 12.4. The zero-order valence-corrected chi connectivity index (χ0v) is 14.4. The normalized spacial score (nSPS) is 10.9. The number of aryl methyl sites for hydroxylation is 2. The van der Waals surface area contributed by atoms with E-state index >= 15 is 0 Å². The van der Waals surface area contributed by atoms with Gasteiger partial charge in [0.1, 0.15) is 17.4 Å². The maximum absolute atomic E-state index is 12.4. The lowest BCUT2D eigenvalue weighted by molar-refractivity contribution is -0.112. The van der Waals surface area contributed by atoms with Gasteiger partial charge in [0, 0.05) is 10.7 Å². The lowest BCUT2D eigenvalue weighted by atomic mass is 10.0. The smallest absolute Gasteiger partial charge is 0.266 e. The highest BCUT2D eigenvalue weighted by molar-refractivity contribution is 6.31. The number of nitrogens with one attached hydrogen (secondary N) is 1. The molecule has 0 heterocycles. The number of carbonyl (C=O) groups excluding carboxylic acids is 1. The predicted octanol–water partition coefficient (Wildman–Crippen LogP) is 4.51. The van der Waals surface area contributed by atoms with Crippen LogP contribution in [0, 0.1) is 25.2 Å². The summed E-state index contributed by atoms with van der Waals surface area (Å²) in [5.74, 6) is 0.250. The van der Waals surface area contributed by atoms with Crippen LogP contribution in [0.1, 0.15) is 16.7 Å². The lowest BCUT2D eigenvalue weighted by Gasteiger charge is -2.09. The minimum Gasteiger partial charge on any atom is -0.497 e. The fourth-order valence-corrected chi connectivity index (χ4v) is 2.33. The van der Waals surface area contributed by atoms with Gasteiger partial charge in [-0.25, -0.2) is 0 Å². The molecule has 2 rings (SSSR count). The van der Waals surface area contributed by atoms with Gasteiger partial charge in [-0.05, 0) is 60.9 Å². The number of nitrogens with zero attached hydrogens (tertiary/aromatic N) is 1. The van der Waals surface area contributed by atoms with Crippen LogP contribution in [-0.2, 0) is 4.79 Å². The molecule has 1 N–H and O–H groups in total. The van der Waals surface area contributed by atoms with E-state index in [2.05, 4.69) is 5.32 Å². The molecule has 0 unspecified atom stereocenters. The Bertz CT molecular complexity index is 851. The fraction of sp³-hybridized carbons (Fsp3) is 0.158. The minimum absolute atomic E-state index is 0.0163. The number of carbonyl (C=O) groups is 1. The Labute approximate surface area is 146 Å². The Balaban J connectivity index is 2.29. The van der Waals surface area contributed by atoms with Crippen molar-refractivity contribution in [3.05, 3.63) is 63.7 Å². The van der Waals surface area contributed by atoms with E-state index in [4.69, 9.17) is 16.3 Å². The molecule has 24 heavy (non-hydrogen) atoms. The van der Waals surface area contributed by atoms with Crippen molar-refractivity contribution in [2.45, 2.75) is 13.8 Å². The first-order valence-electron chi connectivity index (χ1n) is 7.28. The third-order valence-electron chi connectivity index (χ3n) is 3.59. The number of nitriles is 1. The van der Waals surface area contributed by atoms with E-state index in [0.717, 1.165) is 22.4 Å². The van der Waals surface area contributed by atoms with Crippen molar-refractivity contribution in [2.24, 2.45) is 0 Å². The van der Waals surface area contributed by atoms with Crippen molar-refractivity contribution in [1.82, 2.24) is 0 Å². The van der Waals surface area contributed by atoms with Crippen LogP contribution >= 0.6 is 11.6 Å². The van der Waals surface area contributed by atoms with Crippen molar-refractivity contribution in [2.75, 3.05) is 12.4 Å². The van der Waals surface area contributed by atoms with Crippen molar-refractivity contribution in [3.8, 4) is 11.8 Å². The summed E-state index contributed by atoms with van der Waals surface area (Å²) in [5, 5.41) is 12.6. The third kappa shape index (κ3) is 4.15. The van der Waals surface area contributed by atoms with Gasteiger partial charge in [0.15, 0.2) is 0 Å². The molecule has 2 aromatic rings. The maximum Gasteiger partial charge on any atom is 0.266 e. The van der Waals surface area contributed by atoms with Gasteiger partial charge in [0.05, 0.1) is 7.11 Å². The summed E-state index contributed by atoms with van der Waals surface area (Å²) in [6.45, 7) is 3.75. The summed E-state index contributed by atoms with van der Waals surface area (Å²) < 4.78 is 5.15. The van der Waals surface area contributed by atoms with Crippen molar-refractivity contribution >= 4 is 29.3 Å². The number of halogens is 1. The first-order valence-corrected chi connectivity index (χ1v) is 7.66. The van der Waals surface area contributed by atoms with Gasteiger partial charge >= 0.3 is 0 Å². The molecule has 4 nitrogen and oxygen atoms in total. The van der Waals surface area contributed by atoms with Crippen LogP contribution in [0.2, 0.25) is 5.02 Å². The standard InChI is InChI=1S/C19H17ClN2O2/c1-12-4-6-16(20)10-18(12)22-19(23)15(11-21)9-14-5-7-17(24-3)8-13(14)2/h4-10H,1-3H3,(H,22,23)/b15-9+. The Hall–Kier alpha value is -2.77. The summed E-state index contributed by atoms with van der Waals surface area (Å²) >= 11 is 5.95. The highest BCUT2D eigenvalue weighted by Gasteiger charge is 2.12. The molecule has 5 heteroatoms. The Kier molecular flexibility index (Phi) is 5.62. The molecule has 0 aliphatic rings. The maximum atomic E-state index is 12.4. The summed E-state index contributed by atoms with van der Waals surface area (Å²) in [6.07, 6.45) is 1.56.